The summed E-state index contributed by atoms with van der Waals surface area (Å²) in [6.45, 7) is 2.72. The zero-order valence-corrected chi connectivity index (χ0v) is 13.3. The minimum atomic E-state index is -0.596. The predicted octanol–water partition coefficient (Wildman–Crippen LogP) is 1.73. The van der Waals surface area contributed by atoms with Crippen LogP contribution in [0, 0.1) is 5.92 Å². The molecule has 2 amide bonds. The van der Waals surface area contributed by atoms with Gasteiger partial charge in [-0.25, -0.2) is 0 Å². The van der Waals surface area contributed by atoms with Crippen LogP contribution in [0.3, 0.4) is 0 Å². The van der Waals surface area contributed by atoms with E-state index in [1.807, 2.05) is 12.1 Å². The molecule has 0 atom stereocenters. The molecule has 1 saturated carbocycles. The molecule has 0 aromatic heterocycles. The van der Waals surface area contributed by atoms with Crippen LogP contribution in [0.2, 0.25) is 0 Å². The zero-order chi connectivity index (χ0) is 16.2. The van der Waals surface area contributed by atoms with E-state index in [-0.39, 0.29) is 19.4 Å². The second kappa shape index (κ2) is 6.89. The summed E-state index contributed by atoms with van der Waals surface area (Å²) in [5.41, 5.74) is 0.863. The van der Waals surface area contributed by atoms with E-state index in [0.29, 0.717) is 17.4 Å². The van der Waals surface area contributed by atoms with Gasteiger partial charge in [-0.2, -0.15) is 0 Å². The number of hydrogen-bond acceptors (Lipinski definition) is 4. The summed E-state index contributed by atoms with van der Waals surface area (Å²) in [5.74, 6) is 0.927. The Balaban J connectivity index is 1.46. The van der Waals surface area contributed by atoms with Gasteiger partial charge in [-0.05, 0) is 49.3 Å². The Hall–Kier alpha value is -2.24. The highest BCUT2D eigenvalue weighted by Gasteiger charge is 2.22. The van der Waals surface area contributed by atoms with Crippen molar-refractivity contribution in [3.8, 4) is 11.5 Å². The molecule has 6 heteroatoms. The molecule has 0 saturated heterocycles. The van der Waals surface area contributed by atoms with E-state index < -0.39 is 11.8 Å². The van der Waals surface area contributed by atoms with E-state index in [9.17, 15) is 9.59 Å². The Morgan fingerprint density at radius 1 is 1.09 bits per heavy atom. The van der Waals surface area contributed by atoms with Crippen molar-refractivity contribution in [3.63, 3.8) is 0 Å². The van der Waals surface area contributed by atoms with Gasteiger partial charge in [0.15, 0.2) is 11.5 Å². The number of benzene rings is 1. The molecule has 6 nitrogen and oxygen atoms in total. The Labute approximate surface area is 135 Å². The third kappa shape index (κ3) is 3.94. The number of nitrogens with one attached hydrogen (secondary N) is 2. The summed E-state index contributed by atoms with van der Waals surface area (Å²) >= 11 is 0. The Bertz CT molecular complexity index is 594. The van der Waals surface area contributed by atoms with Crippen LogP contribution < -0.4 is 20.1 Å². The van der Waals surface area contributed by atoms with Crippen LogP contribution in [-0.2, 0) is 16.1 Å². The predicted molar refractivity (Wildman–Crippen MR) is 84.0 cm³/mol. The number of fused-ring (bicyclic) bond motifs is 1. The van der Waals surface area contributed by atoms with Gasteiger partial charge in [-0.15, -0.1) is 0 Å². The lowest BCUT2D eigenvalue weighted by Crippen LogP contribution is -2.45. The Kier molecular flexibility index (Phi) is 4.69. The van der Waals surface area contributed by atoms with E-state index in [1.165, 1.54) is 0 Å². The molecule has 1 fully saturated rings. The van der Waals surface area contributed by atoms with Gasteiger partial charge in [0.05, 0.1) is 0 Å². The first-order valence-electron chi connectivity index (χ1n) is 8.09. The largest absolute Gasteiger partial charge is 0.454 e. The number of hydrogen-bond donors (Lipinski definition) is 2. The fourth-order valence-electron chi connectivity index (χ4n) is 2.97. The first kappa shape index (κ1) is 15.6. The normalized spacial score (nSPS) is 22.5. The lowest BCUT2D eigenvalue weighted by Gasteiger charge is -2.26. The molecule has 124 valence electrons. The van der Waals surface area contributed by atoms with Gasteiger partial charge in [0, 0.05) is 12.6 Å². The quantitative estimate of drug-likeness (QED) is 0.832. The SMILES string of the molecule is CC1CCC(NC(=O)C(=O)NCc2ccc3c(c2)OCO3)CC1. The number of carbonyl (C=O) groups is 2. The van der Waals surface area contributed by atoms with Crippen LogP contribution in [0.5, 0.6) is 11.5 Å². The molecular formula is C17H22N2O4. The smallest absolute Gasteiger partial charge is 0.309 e. The summed E-state index contributed by atoms with van der Waals surface area (Å²) < 4.78 is 10.5. The molecule has 23 heavy (non-hydrogen) atoms. The fourth-order valence-corrected chi connectivity index (χ4v) is 2.97. The van der Waals surface area contributed by atoms with E-state index in [4.69, 9.17) is 9.47 Å². The van der Waals surface area contributed by atoms with Gasteiger partial charge in [-0.3, -0.25) is 9.59 Å². The van der Waals surface area contributed by atoms with Crippen molar-refractivity contribution < 1.29 is 19.1 Å². The Morgan fingerprint density at radius 2 is 1.83 bits per heavy atom. The molecular weight excluding hydrogens is 296 g/mol. The van der Waals surface area contributed by atoms with Crippen LogP contribution in [0.1, 0.15) is 38.2 Å². The van der Waals surface area contributed by atoms with E-state index >= 15 is 0 Å². The van der Waals surface area contributed by atoms with Crippen molar-refractivity contribution in [2.24, 2.45) is 5.92 Å². The van der Waals surface area contributed by atoms with Crippen molar-refractivity contribution in [2.45, 2.75) is 45.2 Å². The average Bonchev–Trinajstić information content (AvgIpc) is 3.02. The molecule has 2 aliphatic rings. The molecule has 0 radical (unpaired) electrons. The number of rotatable bonds is 3. The van der Waals surface area contributed by atoms with Gasteiger partial charge in [0.25, 0.3) is 0 Å². The van der Waals surface area contributed by atoms with Crippen LogP contribution in [-0.4, -0.2) is 24.6 Å². The molecule has 0 unspecified atom stereocenters. The van der Waals surface area contributed by atoms with Crippen LogP contribution in [0.25, 0.3) is 0 Å². The van der Waals surface area contributed by atoms with Crippen molar-refractivity contribution >= 4 is 11.8 Å². The molecule has 0 spiro atoms. The zero-order valence-electron chi connectivity index (χ0n) is 13.3. The standard InChI is InChI=1S/C17H22N2O4/c1-11-2-5-13(6-3-11)19-17(21)16(20)18-9-12-4-7-14-15(8-12)23-10-22-14/h4,7-8,11,13H,2-3,5-6,9-10H2,1H3,(H,18,20)(H,19,21). The second-order valence-corrected chi connectivity index (χ2v) is 6.30. The maximum absolute atomic E-state index is 11.9. The minimum absolute atomic E-state index is 0.120. The second-order valence-electron chi connectivity index (χ2n) is 6.30. The van der Waals surface area contributed by atoms with Crippen LogP contribution in [0.15, 0.2) is 18.2 Å². The molecule has 1 heterocycles. The lowest BCUT2D eigenvalue weighted by molar-refractivity contribution is -0.139. The Morgan fingerprint density at radius 3 is 2.61 bits per heavy atom. The first-order chi connectivity index (χ1) is 11.1. The van der Waals surface area contributed by atoms with Crippen molar-refractivity contribution in [1.82, 2.24) is 10.6 Å². The number of amides is 2. The molecule has 3 rings (SSSR count). The molecule has 1 aromatic rings. The maximum Gasteiger partial charge on any atom is 0.309 e. The highest BCUT2D eigenvalue weighted by Crippen LogP contribution is 2.32. The molecule has 0 bridgehead atoms. The summed E-state index contributed by atoms with van der Waals surface area (Å²) in [4.78, 5) is 23.8. The number of carbonyl (C=O) groups excluding carboxylic acids is 2. The summed E-state index contributed by atoms with van der Waals surface area (Å²) in [6.07, 6.45) is 4.10. The van der Waals surface area contributed by atoms with Gasteiger partial charge in [-0.1, -0.05) is 13.0 Å². The minimum Gasteiger partial charge on any atom is -0.454 e. The average molecular weight is 318 g/mol. The summed E-state index contributed by atoms with van der Waals surface area (Å²) in [6, 6.07) is 5.57. The third-order valence-corrected chi connectivity index (χ3v) is 4.45. The lowest BCUT2D eigenvalue weighted by atomic mass is 9.87. The van der Waals surface area contributed by atoms with Crippen molar-refractivity contribution in [1.29, 1.82) is 0 Å². The van der Waals surface area contributed by atoms with Gasteiger partial charge >= 0.3 is 11.8 Å². The van der Waals surface area contributed by atoms with E-state index in [0.717, 1.165) is 31.2 Å². The van der Waals surface area contributed by atoms with E-state index in [2.05, 4.69) is 17.6 Å². The van der Waals surface area contributed by atoms with Crippen LogP contribution >= 0.6 is 0 Å². The first-order valence-corrected chi connectivity index (χ1v) is 8.09. The molecule has 2 N–H and O–H groups in total. The van der Waals surface area contributed by atoms with Gasteiger partial charge in [0.2, 0.25) is 6.79 Å². The highest BCUT2D eigenvalue weighted by atomic mass is 16.7. The molecule has 1 aliphatic heterocycles. The fraction of sp³-hybridized carbons (Fsp3) is 0.529. The summed E-state index contributed by atoms with van der Waals surface area (Å²) in [5, 5.41) is 5.46. The van der Waals surface area contributed by atoms with Crippen molar-refractivity contribution in [2.75, 3.05) is 6.79 Å². The summed E-state index contributed by atoms with van der Waals surface area (Å²) in [7, 11) is 0. The number of ether oxygens (including phenoxy) is 2. The monoisotopic (exact) mass is 318 g/mol. The topological polar surface area (TPSA) is 76.7 Å². The van der Waals surface area contributed by atoms with Crippen molar-refractivity contribution in [3.05, 3.63) is 23.8 Å². The van der Waals surface area contributed by atoms with Gasteiger partial charge < -0.3 is 20.1 Å². The van der Waals surface area contributed by atoms with Gasteiger partial charge in [0.1, 0.15) is 0 Å². The third-order valence-electron chi connectivity index (χ3n) is 4.45. The maximum atomic E-state index is 11.9. The molecule has 1 aliphatic carbocycles. The van der Waals surface area contributed by atoms with Crippen LogP contribution in [0.4, 0.5) is 0 Å². The molecule has 1 aromatic carbocycles. The highest BCUT2D eigenvalue weighted by molar-refractivity contribution is 6.35. The van der Waals surface area contributed by atoms with E-state index in [1.54, 1.807) is 6.07 Å².